The van der Waals surface area contributed by atoms with Gasteiger partial charge in [0.05, 0.1) is 13.7 Å². The maximum absolute atomic E-state index is 13.9. The van der Waals surface area contributed by atoms with Crippen molar-refractivity contribution in [1.29, 1.82) is 0 Å². The molecule has 5 nitrogen and oxygen atoms in total. The van der Waals surface area contributed by atoms with Crippen molar-refractivity contribution in [3.8, 4) is 5.75 Å². The van der Waals surface area contributed by atoms with Crippen LogP contribution in [0.3, 0.4) is 0 Å². The Labute approximate surface area is 155 Å². The van der Waals surface area contributed by atoms with E-state index < -0.39 is 5.82 Å². The summed E-state index contributed by atoms with van der Waals surface area (Å²) in [6.45, 7) is 1.98. The zero-order valence-corrected chi connectivity index (χ0v) is 15.0. The third kappa shape index (κ3) is 3.70. The summed E-state index contributed by atoms with van der Waals surface area (Å²) in [6, 6.07) is 11.4. The van der Waals surface area contributed by atoms with E-state index in [1.54, 1.807) is 49.7 Å². The second-order valence-corrected chi connectivity index (χ2v) is 6.09. The normalized spacial score (nSPS) is 10.6. The fraction of sp³-hybridized carbons (Fsp3) is 0.158. The van der Waals surface area contributed by atoms with E-state index in [2.05, 4.69) is 10.4 Å². The van der Waals surface area contributed by atoms with Crippen LogP contribution in [0.25, 0.3) is 0 Å². The first-order valence-corrected chi connectivity index (χ1v) is 8.28. The number of nitrogens with one attached hydrogen (secondary N) is 1. The van der Waals surface area contributed by atoms with Crippen LogP contribution in [0.2, 0.25) is 5.02 Å². The second kappa shape index (κ2) is 7.58. The molecule has 0 fully saturated rings. The number of methoxy groups -OCH3 is 1. The van der Waals surface area contributed by atoms with E-state index in [1.807, 2.05) is 6.92 Å². The first kappa shape index (κ1) is 17.9. The van der Waals surface area contributed by atoms with Gasteiger partial charge in [-0.2, -0.15) is 5.10 Å². The molecule has 0 atom stereocenters. The Morgan fingerprint density at radius 3 is 2.77 bits per heavy atom. The van der Waals surface area contributed by atoms with Crippen LogP contribution in [0.15, 0.2) is 48.7 Å². The van der Waals surface area contributed by atoms with Gasteiger partial charge in [-0.3, -0.25) is 9.48 Å². The van der Waals surface area contributed by atoms with Gasteiger partial charge in [0.1, 0.15) is 11.6 Å². The van der Waals surface area contributed by atoms with E-state index in [-0.39, 0.29) is 12.5 Å². The number of nitrogens with zero attached hydrogens (tertiary/aromatic N) is 2. The second-order valence-electron chi connectivity index (χ2n) is 5.69. The zero-order chi connectivity index (χ0) is 18.7. The Balaban J connectivity index is 1.76. The van der Waals surface area contributed by atoms with Crippen molar-refractivity contribution in [2.45, 2.75) is 13.5 Å². The number of rotatable bonds is 5. The van der Waals surface area contributed by atoms with Crippen LogP contribution >= 0.6 is 11.6 Å². The van der Waals surface area contributed by atoms with E-state index >= 15 is 0 Å². The molecule has 1 N–H and O–H groups in total. The van der Waals surface area contributed by atoms with E-state index in [9.17, 15) is 9.18 Å². The number of carbonyl (C=O) groups is 1. The summed E-state index contributed by atoms with van der Waals surface area (Å²) < 4.78 is 20.6. The minimum absolute atomic E-state index is 0.166. The lowest BCUT2D eigenvalue weighted by Crippen LogP contribution is -2.14. The SMILES string of the molecule is COc1cccc(C(=O)Nc2ccn(Cc3c(F)cccc3Cl)n2)c1C. The van der Waals surface area contributed by atoms with Gasteiger partial charge in [0, 0.05) is 34.0 Å². The van der Waals surface area contributed by atoms with E-state index in [1.165, 1.54) is 10.7 Å². The molecule has 1 heterocycles. The summed E-state index contributed by atoms with van der Waals surface area (Å²) in [7, 11) is 1.56. The Hall–Kier alpha value is -2.86. The zero-order valence-electron chi connectivity index (χ0n) is 14.3. The van der Waals surface area contributed by atoms with Crippen molar-refractivity contribution in [2.24, 2.45) is 0 Å². The highest BCUT2D eigenvalue weighted by molar-refractivity contribution is 6.31. The molecule has 3 rings (SSSR count). The van der Waals surface area contributed by atoms with Gasteiger partial charge in [0.25, 0.3) is 5.91 Å². The fourth-order valence-electron chi connectivity index (χ4n) is 2.63. The van der Waals surface area contributed by atoms with Gasteiger partial charge in [0.15, 0.2) is 5.82 Å². The Kier molecular flexibility index (Phi) is 5.23. The number of benzene rings is 2. The fourth-order valence-corrected chi connectivity index (χ4v) is 2.85. The van der Waals surface area contributed by atoms with Crippen LogP contribution in [0.4, 0.5) is 10.2 Å². The number of anilines is 1. The number of ether oxygens (including phenoxy) is 1. The number of hydrogen-bond donors (Lipinski definition) is 1. The number of halogens is 2. The summed E-state index contributed by atoms with van der Waals surface area (Å²) in [4.78, 5) is 12.5. The maximum atomic E-state index is 13.9. The highest BCUT2D eigenvalue weighted by Crippen LogP contribution is 2.22. The number of amides is 1. The highest BCUT2D eigenvalue weighted by Gasteiger charge is 2.14. The molecule has 0 aliphatic rings. The molecule has 0 bridgehead atoms. The lowest BCUT2D eigenvalue weighted by atomic mass is 10.1. The number of aromatic nitrogens is 2. The molecule has 1 amide bonds. The minimum Gasteiger partial charge on any atom is -0.496 e. The third-order valence-corrected chi connectivity index (χ3v) is 4.37. The average Bonchev–Trinajstić information content (AvgIpc) is 3.05. The highest BCUT2D eigenvalue weighted by atomic mass is 35.5. The lowest BCUT2D eigenvalue weighted by Gasteiger charge is -2.09. The third-order valence-electron chi connectivity index (χ3n) is 4.01. The smallest absolute Gasteiger partial charge is 0.257 e. The molecule has 0 aliphatic heterocycles. The maximum Gasteiger partial charge on any atom is 0.257 e. The minimum atomic E-state index is -0.398. The summed E-state index contributed by atoms with van der Waals surface area (Å²) in [5.41, 5.74) is 1.58. The summed E-state index contributed by atoms with van der Waals surface area (Å²) in [6.07, 6.45) is 1.65. The molecule has 0 saturated carbocycles. The average molecular weight is 374 g/mol. The Morgan fingerprint density at radius 1 is 1.27 bits per heavy atom. The monoisotopic (exact) mass is 373 g/mol. The molecule has 3 aromatic rings. The van der Waals surface area contributed by atoms with Gasteiger partial charge in [-0.25, -0.2) is 4.39 Å². The van der Waals surface area contributed by atoms with E-state index in [4.69, 9.17) is 16.3 Å². The standard InChI is InChI=1S/C19H17ClFN3O2/c1-12-13(5-3-8-17(12)26-2)19(25)22-18-9-10-24(23-18)11-14-15(20)6-4-7-16(14)21/h3-10H,11H2,1-2H3,(H,22,23,25). The predicted octanol–water partition coefficient (Wildman–Crippen LogP) is 4.29. The summed E-state index contributed by atoms with van der Waals surface area (Å²) in [5.74, 6) is 0.309. The van der Waals surface area contributed by atoms with Crippen LogP contribution in [-0.4, -0.2) is 22.8 Å². The van der Waals surface area contributed by atoms with Crippen LogP contribution in [-0.2, 0) is 6.54 Å². The van der Waals surface area contributed by atoms with E-state index in [0.717, 1.165) is 5.56 Å². The van der Waals surface area contributed by atoms with Crippen molar-refractivity contribution in [3.63, 3.8) is 0 Å². The van der Waals surface area contributed by atoms with Crippen molar-refractivity contribution >= 4 is 23.3 Å². The van der Waals surface area contributed by atoms with Crippen LogP contribution in [0.5, 0.6) is 5.75 Å². The largest absolute Gasteiger partial charge is 0.496 e. The molecule has 0 spiro atoms. The predicted molar refractivity (Wildman–Crippen MR) is 98.4 cm³/mol. The molecule has 0 unspecified atom stereocenters. The molecule has 0 radical (unpaired) electrons. The first-order valence-electron chi connectivity index (χ1n) is 7.91. The Morgan fingerprint density at radius 2 is 2.04 bits per heavy atom. The lowest BCUT2D eigenvalue weighted by molar-refractivity contribution is 0.102. The molecule has 26 heavy (non-hydrogen) atoms. The van der Waals surface area contributed by atoms with Gasteiger partial charge in [-0.05, 0) is 31.2 Å². The van der Waals surface area contributed by atoms with Gasteiger partial charge in [0.2, 0.25) is 0 Å². The van der Waals surface area contributed by atoms with Gasteiger partial charge >= 0.3 is 0 Å². The van der Waals surface area contributed by atoms with Gasteiger partial charge in [-0.1, -0.05) is 23.7 Å². The van der Waals surface area contributed by atoms with Crippen molar-refractivity contribution in [1.82, 2.24) is 9.78 Å². The molecule has 1 aromatic heterocycles. The van der Waals surface area contributed by atoms with Gasteiger partial charge < -0.3 is 10.1 Å². The van der Waals surface area contributed by atoms with Crippen molar-refractivity contribution in [2.75, 3.05) is 12.4 Å². The van der Waals surface area contributed by atoms with Crippen molar-refractivity contribution in [3.05, 3.63) is 76.2 Å². The van der Waals surface area contributed by atoms with Crippen LogP contribution in [0.1, 0.15) is 21.5 Å². The molecular weight excluding hydrogens is 357 g/mol. The molecule has 7 heteroatoms. The topological polar surface area (TPSA) is 56.1 Å². The molecule has 0 saturated heterocycles. The van der Waals surface area contributed by atoms with Gasteiger partial charge in [-0.15, -0.1) is 0 Å². The number of carbonyl (C=O) groups excluding carboxylic acids is 1. The molecular formula is C19H17ClFN3O2. The number of hydrogen-bond acceptors (Lipinski definition) is 3. The van der Waals surface area contributed by atoms with Crippen LogP contribution in [0, 0.1) is 12.7 Å². The Bertz CT molecular complexity index is 935. The quantitative estimate of drug-likeness (QED) is 0.725. The van der Waals surface area contributed by atoms with Crippen LogP contribution < -0.4 is 10.1 Å². The molecule has 134 valence electrons. The van der Waals surface area contributed by atoms with E-state index in [0.29, 0.717) is 27.7 Å². The summed E-state index contributed by atoms with van der Waals surface area (Å²) >= 11 is 6.03. The molecule has 0 aliphatic carbocycles. The first-order chi connectivity index (χ1) is 12.5. The molecule has 2 aromatic carbocycles. The van der Waals surface area contributed by atoms with Crippen molar-refractivity contribution < 1.29 is 13.9 Å². The summed E-state index contributed by atoms with van der Waals surface area (Å²) in [5, 5.41) is 7.32.